The quantitative estimate of drug-likeness (QED) is 0.332. The molecule has 0 amide bonds. The standard InChI is InChI=1S/C28H25ClN6O5S/c29-20-12-21-27(34-28(32-21)40-23-14-39-25-22(36)13-38-26(23)25)33-24(20)18-4-2-16(3-5-18)17-6-8-19(9-7-17)35-10-1-11-41(35,37)31-15-30/h2-9,12,22-23,25-26,36H,1,10-11,13-14H2,(H,32,33,34)/t22-,23-,25-,26-,41?/m1/s1. The van der Waals surface area contributed by atoms with Crippen LogP contribution in [0.2, 0.25) is 5.02 Å². The number of benzene rings is 2. The molecule has 5 heterocycles. The number of rotatable bonds is 5. The summed E-state index contributed by atoms with van der Waals surface area (Å²) in [5.41, 5.74) is 5.29. The molecule has 0 radical (unpaired) electrons. The van der Waals surface area contributed by atoms with Gasteiger partial charge in [-0.2, -0.15) is 10.2 Å². The van der Waals surface area contributed by atoms with Crippen LogP contribution >= 0.6 is 11.6 Å². The lowest BCUT2D eigenvalue weighted by Gasteiger charge is -2.19. The highest BCUT2D eigenvalue weighted by Gasteiger charge is 2.48. The Morgan fingerprint density at radius 3 is 2.54 bits per heavy atom. The Morgan fingerprint density at radius 2 is 1.78 bits per heavy atom. The maximum atomic E-state index is 13.0. The van der Waals surface area contributed by atoms with Crippen molar-refractivity contribution in [1.29, 1.82) is 5.26 Å². The molecule has 0 aliphatic carbocycles. The number of H-pyrrole nitrogens is 1. The first-order chi connectivity index (χ1) is 19.9. The van der Waals surface area contributed by atoms with E-state index in [0.29, 0.717) is 40.8 Å². The number of anilines is 1. The van der Waals surface area contributed by atoms with Crippen molar-refractivity contribution in [2.24, 2.45) is 4.36 Å². The van der Waals surface area contributed by atoms with Crippen LogP contribution in [0.25, 0.3) is 33.5 Å². The Kier molecular flexibility index (Phi) is 6.56. The van der Waals surface area contributed by atoms with Crippen LogP contribution in [0, 0.1) is 11.5 Å². The summed E-state index contributed by atoms with van der Waals surface area (Å²) in [6.45, 7) is 1.13. The predicted molar refractivity (Wildman–Crippen MR) is 153 cm³/mol. The van der Waals surface area contributed by atoms with E-state index in [0.717, 1.165) is 28.8 Å². The van der Waals surface area contributed by atoms with Crippen molar-refractivity contribution >= 4 is 38.4 Å². The maximum Gasteiger partial charge on any atom is 0.296 e. The van der Waals surface area contributed by atoms with E-state index in [-0.39, 0.29) is 24.8 Å². The summed E-state index contributed by atoms with van der Waals surface area (Å²) in [7, 11) is -2.70. The van der Waals surface area contributed by atoms with Gasteiger partial charge in [0.25, 0.3) is 6.01 Å². The topological polar surface area (TPSA) is 146 Å². The van der Waals surface area contributed by atoms with E-state index in [4.69, 9.17) is 31.1 Å². The number of fused-ring (bicyclic) bond motifs is 2. The molecule has 3 fully saturated rings. The lowest BCUT2D eigenvalue weighted by Crippen LogP contribution is -2.34. The van der Waals surface area contributed by atoms with Crippen LogP contribution in [0.1, 0.15) is 6.42 Å². The van der Waals surface area contributed by atoms with Crippen LogP contribution in [0.4, 0.5) is 5.69 Å². The SMILES string of the molecule is N#CN=S1(=O)CCCN1c1ccc(-c2ccc(-c3nc4nc(O[C@@H]5CO[C@H]6[C@@H]5OC[C@H]6O)[nH]c4cc3Cl)cc2)cc1. The van der Waals surface area contributed by atoms with Crippen LogP contribution in [-0.4, -0.2) is 74.2 Å². The van der Waals surface area contributed by atoms with Gasteiger partial charge in [-0.1, -0.05) is 48.0 Å². The fraction of sp³-hybridized carbons (Fsp3) is 0.321. The summed E-state index contributed by atoms with van der Waals surface area (Å²) in [6.07, 6.45) is 0.665. The highest BCUT2D eigenvalue weighted by atomic mass is 35.5. The molecular formula is C28H25ClN6O5S. The van der Waals surface area contributed by atoms with Crippen molar-refractivity contribution in [1.82, 2.24) is 15.0 Å². The molecule has 2 N–H and O–H groups in total. The molecule has 1 unspecified atom stereocenters. The zero-order chi connectivity index (χ0) is 28.1. The number of imidazole rings is 1. The van der Waals surface area contributed by atoms with E-state index in [1.54, 1.807) is 16.6 Å². The van der Waals surface area contributed by atoms with Crippen molar-refractivity contribution in [2.75, 3.05) is 29.8 Å². The zero-order valence-corrected chi connectivity index (χ0v) is 23.2. The number of nitrogens with zero attached hydrogens (tertiary/aromatic N) is 5. The smallest absolute Gasteiger partial charge is 0.296 e. The summed E-state index contributed by atoms with van der Waals surface area (Å²) in [4.78, 5) is 12.3. The van der Waals surface area contributed by atoms with Crippen molar-refractivity contribution in [3.05, 3.63) is 59.6 Å². The Hall–Kier alpha value is -3.73. The van der Waals surface area contributed by atoms with Gasteiger partial charge in [0, 0.05) is 12.1 Å². The molecule has 210 valence electrons. The molecule has 0 saturated carbocycles. The Labute approximate surface area is 241 Å². The number of hydrogen-bond donors (Lipinski definition) is 2. The number of aliphatic hydroxyl groups is 1. The molecule has 0 spiro atoms. The van der Waals surface area contributed by atoms with Crippen LogP contribution in [0.3, 0.4) is 0 Å². The predicted octanol–water partition coefficient (Wildman–Crippen LogP) is 3.93. The number of aromatic nitrogens is 3. The van der Waals surface area contributed by atoms with Crippen molar-refractivity contribution in [3.8, 4) is 34.6 Å². The first-order valence-electron chi connectivity index (χ1n) is 13.2. The van der Waals surface area contributed by atoms with Gasteiger partial charge in [-0.25, -0.2) is 9.19 Å². The van der Waals surface area contributed by atoms with Gasteiger partial charge >= 0.3 is 0 Å². The van der Waals surface area contributed by atoms with Gasteiger partial charge in [0.2, 0.25) is 6.19 Å². The lowest BCUT2D eigenvalue weighted by molar-refractivity contribution is 0.00706. The fourth-order valence-electron chi connectivity index (χ4n) is 5.58. The fourth-order valence-corrected chi connectivity index (χ4v) is 7.75. The molecule has 3 aliphatic rings. The average molecular weight is 593 g/mol. The summed E-state index contributed by atoms with van der Waals surface area (Å²) in [6, 6.07) is 17.7. The number of aromatic amines is 1. The van der Waals surface area contributed by atoms with Crippen LogP contribution in [-0.2, 0) is 19.4 Å². The maximum absolute atomic E-state index is 13.0. The van der Waals surface area contributed by atoms with E-state index in [1.807, 2.05) is 48.5 Å². The Balaban J connectivity index is 1.09. The molecule has 3 aliphatic heterocycles. The van der Waals surface area contributed by atoms with Gasteiger partial charge in [0.15, 0.2) is 11.8 Å². The molecule has 4 aromatic rings. The molecule has 2 aromatic heterocycles. The number of hydrogen-bond acceptors (Lipinski definition) is 9. The van der Waals surface area contributed by atoms with Crippen molar-refractivity contribution < 1.29 is 23.5 Å². The van der Waals surface area contributed by atoms with Gasteiger partial charge < -0.3 is 24.3 Å². The molecule has 3 saturated heterocycles. The largest absolute Gasteiger partial charge is 0.456 e. The second kappa shape index (κ2) is 10.3. The summed E-state index contributed by atoms with van der Waals surface area (Å²) >= 11 is 6.61. The molecule has 41 heavy (non-hydrogen) atoms. The van der Waals surface area contributed by atoms with Gasteiger partial charge in [0.05, 0.1) is 40.9 Å². The van der Waals surface area contributed by atoms with Gasteiger partial charge in [-0.05, 0) is 35.7 Å². The minimum absolute atomic E-state index is 0.224. The van der Waals surface area contributed by atoms with E-state index in [9.17, 15) is 9.32 Å². The molecule has 13 heteroatoms. The summed E-state index contributed by atoms with van der Waals surface area (Å²) < 4.78 is 35.6. The second-order valence-corrected chi connectivity index (χ2v) is 12.8. The molecule has 11 nitrogen and oxygen atoms in total. The highest BCUT2D eigenvalue weighted by molar-refractivity contribution is 7.95. The summed E-state index contributed by atoms with van der Waals surface area (Å²) in [5, 5.41) is 19.4. The van der Waals surface area contributed by atoms with Crippen LogP contribution < -0.4 is 9.04 Å². The molecular weight excluding hydrogens is 568 g/mol. The summed E-state index contributed by atoms with van der Waals surface area (Å²) in [5.74, 6) is 0.398. The average Bonchev–Trinajstić information content (AvgIpc) is 3.74. The number of ether oxygens (including phenoxy) is 3. The molecule has 7 rings (SSSR count). The van der Waals surface area contributed by atoms with Gasteiger partial charge in [0.1, 0.15) is 28.2 Å². The minimum atomic E-state index is -2.70. The third-order valence-electron chi connectivity index (χ3n) is 7.60. The first kappa shape index (κ1) is 26.2. The monoisotopic (exact) mass is 592 g/mol. The van der Waals surface area contributed by atoms with Gasteiger partial charge in [-0.15, -0.1) is 4.36 Å². The normalized spacial score (nSPS) is 27.2. The third-order valence-corrected chi connectivity index (χ3v) is 10.2. The number of nitrogens with one attached hydrogen (secondary N) is 1. The first-order valence-corrected chi connectivity index (χ1v) is 15.2. The van der Waals surface area contributed by atoms with Crippen molar-refractivity contribution in [2.45, 2.75) is 30.8 Å². The molecule has 5 atom stereocenters. The van der Waals surface area contributed by atoms with Crippen LogP contribution in [0.5, 0.6) is 6.01 Å². The lowest BCUT2D eigenvalue weighted by atomic mass is 10.0. The van der Waals surface area contributed by atoms with Crippen LogP contribution in [0.15, 0.2) is 59.0 Å². The third kappa shape index (κ3) is 4.69. The number of nitriles is 1. The number of halogens is 1. The van der Waals surface area contributed by atoms with E-state index in [2.05, 4.69) is 19.3 Å². The van der Waals surface area contributed by atoms with E-state index in [1.165, 1.54) is 0 Å². The molecule has 2 aromatic carbocycles. The van der Waals surface area contributed by atoms with E-state index >= 15 is 0 Å². The van der Waals surface area contributed by atoms with Crippen molar-refractivity contribution in [3.63, 3.8) is 0 Å². The number of aliphatic hydroxyl groups excluding tert-OH is 1. The minimum Gasteiger partial charge on any atom is -0.456 e. The zero-order valence-electron chi connectivity index (χ0n) is 21.6. The highest BCUT2D eigenvalue weighted by Crippen LogP contribution is 2.34. The Bertz CT molecular complexity index is 1780. The van der Waals surface area contributed by atoms with Gasteiger partial charge in [-0.3, -0.25) is 4.31 Å². The number of pyridine rings is 1. The van der Waals surface area contributed by atoms with E-state index < -0.39 is 22.1 Å². The second-order valence-electron chi connectivity index (χ2n) is 10.1. The Morgan fingerprint density at radius 1 is 1.07 bits per heavy atom. The molecule has 0 bridgehead atoms.